The van der Waals surface area contributed by atoms with Crippen LogP contribution in [0.3, 0.4) is 0 Å². The van der Waals surface area contributed by atoms with Gasteiger partial charge in [0.05, 0.1) is 0 Å². The smallest absolute Gasteiger partial charge is 0.255 e. The number of aromatic nitrogens is 1. The molecular formula is C23H32N4O2. The van der Waals surface area contributed by atoms with Crippen LogP contribution in [0.1, 0.15) is 73.8 Å². The number of nitrogens with one attached hydrogen (secondary N) is 2. The maximum Gasteiger partial charge on any atom is 0.255 e. The Bertz CT molecular complexity index is 747. The van der Waals surface area contributed by atoms with E-state index in [0.717, 1.165) is 18.4 Å². The topological polar surface area (TPSA) is 97.1 Å². The minimum Gasteiger partial charge on any atom is -0.354 e. The highest BCUT2D eigenvalue weighted by atomic mass is 16.2. The summed E-state index contributed by atoms with van der Waals surface area (Å²) in [6, 6.07) is 10.3. The van der Waals surface area contributed by atoms with E-state index in [1.165, 1.54) is 25.7 Å². The van der Waals surface area contributed by atoms with Crippen LogP contribution in [0.4, 0.5) is 5.69 Å². The van der Waals surface area contributed by atoms with Gasteiger partial charge in [0.2, 0.25) is 5.91 Å². The largest absolute Gasteiger partial charge is 0.354 e. The molecule has 6 nitrogen and oxygen atoms in total. The maximum absolute atomic E-state index is 12.3. The summed E-state index contributed by atoms with van der Waals surface area (Å²) in [5, 5.41) is 5.72. The van der Waals surface area contributed by atoms with Crippen molar-refractivity contribution in [3.05, 3.63) is 59.9 Å². The molecule has 2 rings (SSSR count). The second-order valence-corrected chi connectivity index (χ2v) is 7.24. The van der Waals surface area contributed by atoms with E-state index < -0.39 is 0 Å². The van der Waals surface area contributed by atoms with Crippen LogP contribution >= 0.6 is 0 Å². The third kappa shape index (κ3) is 8.44. The Hall–Kier alpha value is -2.73. The van der Waals surface area contributed by atoms with Gasteiger partial charge in [-0.15, -0.1) is 0 Å². The van der Waals surface area contributed by atoms with Gasteiger partial charge in [0.15, 0.2) is 0 Å². The van der Waals surface area contributed by atoms with E-state index in [2.05, 4.69) is 22.5 Å². The van der Waals surface area contributed by atoms with Crippen LogP contribution in [0.15, 0.2) is 48.8 Å². The highest BCUT2D eigenvalue weighted by molar-refractivity contribution is 6.04. The lowest BCUT2D eigenvalue weighted by atomic mass is 10.0. The van der Waals surface area contributed by atoms with Gasteiger partial charge in [-0.25, -0.2) is 0 Å². The number of hydrogen-bond donors (Lipinski definition) is 3. The van der Waals surface area contributed by atoms with E-state index in [4.69, 9.17) is 5.73 Å². The third-order valence-corrected chi connectivity index (χ3v) is 4.82. The third-order valence-electron chi connectivity index (χ3n) is 4.82. The van der Waals surface area contributed by atoms with E-state index in [1.54, 1.807) is 36.7 Å². The summed E-state index contributed by atoms with van der Waals surface area (Å²) in [7, 11) is 0. The van der Waals surface area contributed by atoms with Gasteiger partial charge in [0.1, 0.15) is 0 Å². The van der Waals surface area contributed by atoms with Crippen molar-refractivity contribution in [2.45, 2.75) is 57.9 Å². The predicted octanol–water partition coefficient (Wildman–Crippen LogP) is 4.20. The summed E-state index contributed by atoms with van der Waals surface area (Å²) in [5.41, 5.74) is 8.30. The van der Waals surface area contributed by atoms with Crippen molar-refractivity contribution in [2.75, 3.05) is 11.9 Å². The Balaban J connectivity index is 1.72. The molecule has 0 spiro atoms. The van der Waals surface area contributed by atoms with Crippen molar-refractivity contribution in [3.63, 3.8) is 0 Å². The van der Waals surface area contributed by atoms with Crippen molar-refractivity contribution >= 4 is 17.5 Å². The molecule has 1 aromatic carbocycles. The quantitative estimate of drug-likeness (QED) is 0.468. The molecule has 1 heterocycles. The van der Waals surface area contributed by atoms with Gasteiger partial charge < -0.3 is 16.4 Å². The maximum atomic E-state index is 12.3. The molecule has 1 unspecified atom stereocenters. The fourth-order valence-electron chi connectivity index (χ4n) is 3.02. The molecule has 2 aromatic rings. The number of unbranched alkanes of at least 4 members (excludes halogenated alkanes) is 5. The number of anilines is 1. The molecule has 0 bridgehead atoms. The highest BCUT2D eigenvalue weighted by Gasteiger charge is 2.11. The van der Waals surface area contributed by atoms with Crippen molar-refractivity contribution in [1.82, 2.24) is 10.3 Å². The Morgan fingerprint density at radius 1 is 0.966 bits per heavy atom. The number of carbonyl (C=O) groups excluding carboxylic acids is 2. The van der Waals surface area contributed by atoms with Crippen LogP contribution in [0, 0.1) is 0 Å². The Morgan fingerprint density at radius 2 is 1.62 bits per heavy atom. The van der Waals surface area contributed by atoms with E-state index in [-0.39, 0.29) is 17.9 Å². The van der Waals surface area contributed by atoms with Gasteiger partial charge >= 0.3 is 0 Å². The predicted molar refractivity (Wildman–Crippen MR) is 117 cm³/mol. The van der Waals surface area contributed by atoms with Crippen molar-refractivity contribution in [1.29, 1.82) is 0 Å². The first kappa shape index (κ1) is 22.6. The number of hydrogen-bond acceptors (Lipinski definition) is 4. The highest BCUT2D eigenvalue weighted by Crippen LogP contribution is 2.13. The molecule has 0 aliphatic heterocycles. The SMILES string of the molecule is CCCCCCCCC(=O)NCC(N)c1ccc(C(=O)Nc2ccncc2)cc1. The van der Waals surface area contributed by atoms with Crippen molar-refractivity contribution in [2.24, 2.45) is 5.73 Å². The monoisotopic (exact) mass is 396 g/mol. The molecule has 0 aliphatic rings. The molecule has 2 amide bonds. The molecule has 1 aromatic heterocycles. The van der Waals surface area contributed by atoms with Gasteiger partial charge in [0.25, 0.3) is 5.91 Å². The van der Waals surface area contributed by atoms with Gasteiger partial charge in [-0.3, -0.25) is 14.6 Å². The standard InChI is InChI=1S/C23H32N4O2/c1-2-3-4-5-6-7-8-22(28)26-17-21(24)18-9-11-19(12-10-18)23(29)27-20-13-15-25-16-14-20/h9-16,21H,2-8,17,24H2,1H3,(H,26,28)(H,25,27,29). The van der Waals surface area contributed by atoms with Crippen LogP contribution in [0.25, 0.3) is 0 Å². The van der Waals surface area contributed by atoms with E-state index >= 15 is 0 Å². The molecule has 6 heteroatoms. The summed E-state index contributed by atoms with van der Waals surface area (Å²) >= 11 is 0. The summed E-state index contributed by atoms with van der Waals surface area (Å²) in [6.07, 6.45) is 10.8. The fourth-order valence-corrected chi connectivity index (χ4v) is 3.02. The Kier molecular flexibility index (Phi) is 9.86. The number of benzene rings is 1. The van der Waals surface area contributed by atoms with Crippen molar-refractivity contribution in [3.8, 4) is 0 Å². The van der Waals surface area contributed by atoms with Crippen LogP contribution in [-0.2, 0) is 4.79 Å². The second kappa shape index (κ2) is 12.7. The van der Waals surface area contributed by atoms with Gasteiger partial charge in [-0.2, -0.15) is 0 Å². The zero-order chi connectivity index (χ0) is 20.9. The summed E-state index contributed by atoms with van der Waals surface area (Å²) in [6.45, 7) is 2.58. The van der Waals surface area contributed by atoms with Crippen LogP contribution in [0.2, 0.25) is 0 Å². The Labute approximate surface area is 173 Å². The van der Waals surface area contributed by atoms with E-state index in [9.17, 15) is 9.59 Å². The summed E-state index contributed by atoms with van der Waals surface area (Å²) < 4.78 is 0. The molecule has 0 saturated carbocycles. The lowest BCUT2D eigenvalue weighted by Crippen LogP contribution is -2.31. The Morgan fingerprint density at radius 3 is 2.31 bits per heavy atom. The first-order valence-electron chi connectivity index (χ1n) is 10.4. The average molecular weight is 397 g/mol. The molecule has 0 aliphatic carbocycles. The minimum atomic E-state index is -0.305. The van der Waals surface area contributed by atoms with E-state index in [1.807, 2.05) is 12.1 Å². The first-order chi connectivity index (χ1) is 14.1. The fraction of sp³-hybridized carbons (Fsp3) is 0.435. The normalized spacial score (nSPS) is 11.7. The summed E-state index contributed by atoms with van der Waals surface area (Å²) in [5.74, 6) is -0.146. The van der Waals surface area contributed by atoms with Gasteiger partial charge in [0, 0.05) is 42.7 Å². The molecule has 1 atom stereocenters. The minimum absolute atomic E-state index is 0.0456. The molecule has 29 heavy (non-hydrogen) atoms. The molecular weight excluding hydrogens is 364 g/mol. The molecule has 4 N–H and O–H groups in total. The number of carbonyl (C=O) groups is 2. The molecule has 0 radical (unpaired) electrons. The molecule has 0 fully saturated rings. The van der Waals surface area contributed by atoms with Crippen LogP contribution in [-0.4, -0.2) is 23.3 Å². The van der Waals surface area contributed by atoms with Crippen LogP contribution in [0.5, 0.6) is 0 Å². The van der Waals surface area contributed by atoms with Gasteiger partial charge in [-0.1, -0.05) is 51.2 Å². The van der Waals surface area contributed by atoms with Crippen LogP contribution < -0.4 is 16.4 Å². The second-order valence-electron chi connectivity index (χ2n) is 7.24. The number of nitrogens with two attached hydrogens (primary N) is 1. The number of rotatable bonds is 12. The lowest BCUT2D eigenvalue weighted by Gasteiger charge is -2.14. The summed E-state index contributed by atoms with van der Waals surface area (Å²) in [4.78, 5) is 28.2. The number of nitrogens with zero attached hydrogens (tertiary/aromatic N) is 1. The zero-order valence-electron chi connectivity index (χ0n) is 17.2. The van der Waals surface area contributed by atoms with E-state index in [0.29, 0.717) is 24.2 Å². The zero-order valence-corrected chi connectivity index (χ0v) is 17.2. The first-order valence-corrected chi connectivity index (χ1v) is 10.4. The van der Waals surface area contributed by atoms with Gasteiger partial charge in [-0.05, 0) is 36.2 Å². The lowest BCUT2D eigenvalue weighted by molar-refractivity contribution is -0.121. The molecule has 156 valence electrons. The average Bonchev–Trinajstić information content (AvgIpc) is 2.75. The van der Waals surface area contributed by atoms with Crippen molar-refractivity contribution < 1.29 is 9.59 Å². The molecule has 0 saturated heterocycles. The number of pyridine rings is 1. The number of amides is 2.